The minimum atomic E-state index is -3.11. The molecule has 8 rings (SSSR count). The molecule has 5 aromatic carbocycles. The molecule has 5 heteroatoms. The summed E-state index contributed by atoms with van der Waals surface area (Å²) in [5, 5.41) is 6.36. The molecular formula is C35H22NO3P. The Morgan fingerprint density at radius 2 is 0.975 bits per heavy atom. The average molecular weight is 536 g/mol. The van der Waals surface area contributed by atoms with E-state index in [9.17, 15) is 4.57 Å². The molecule has 0 atom stereocenters. The molecule has 0 N–H and O–H groups in total. The molecule has 8 aromatic rings. The molecule has 0 fully saturated rings. The van der Waals surface area contributed by atoms with Crippen LogP contribution in [-0.4, -0.2) is 4.98 Å². The van der Waals surface area contributed by atoms with Crippen molar-refractivity contribution >= 4 is 66.9 Å². The monoisotopic (exact) mass is 535 g/mol. The second kappa shape index (κ2) is 8.81. The maximum atomic E-state index is 15.0. The van der Waals surface area contributed by atoms with E-state index in [1.165, 1.54) is 0 Å². The molecule has 190 valence electrons. The normalized spacial score (nSPS) is 12.1. The van der Waals surface area contributed by atoms with E-state index in [1.54, 1.807) is 6.20 Å². The highest BCUT2D eigenvalue weighted by atomic mass is 31.2. The number of rotatable bonds is 4. The van der Waals surface area contributed by atoms with Crippen LogP contribution in [0.25, 0.3) is 55.0 Å². The van der Waals surface area contributed by atoms with Crippen LogP contribution >= 0.6 is 7.14 Å². The van der Waals surface area contributed by atoms with E-state index in [2.05, 4.69) is 29.2 Å². The third kappa shape index (κ3) is 3.47. The van der Waals surface area contributed by atoms with Crippen molar-refractivity contribution in [2.24, 2.45) is 0 Å². The summed E-state index contributed by atoms with van der Waals surface area (Å²) in [6.45, 7) is 0. The topological polar surface area (TPSA) is 56.2 Å². The van der Waals surface area contributed by atoms with E-state index < -0.39 is 7.14 Å². The van der Waals surface area contributed by atoms with Crippen molar-refractivity contribution in [1.29, 1.82) is 0 Å². The van der Waals surface area contributed by atoms with E-state index in [-0.39, 0.29) is 0 Å². The first-order chi connectivity index (χ1) is 19.7. The minimum Gasteiger partial charge on any atom is -0.456 e. The molecule has 0 bridgehead atoms. The zero-order valence-electron chi connectivity index (χ0n) is 21.3. The first-order valence-corrected chi connectivity index (χ1v) is 14.8. The molecule has 0 saturated carbocycles. The molecule has 0 aliphatic rings. The summed E-state index contributed by atoms with van der Waals surface area (Å²) in [5.74, 6) is 0. The van der Waals surface area contributed by atoms with Gasteiger partial charge in [-0.2, -0.15) is 0 Å². The Balaban J connectivity index is 1.32. The first-order valence-electron chi connectivity index (χ1n) is 13.1. The van der Waals surface area contributed by atoms with Gasteiger partial charge in [0.25, 0.3) is 0 Å². The van der Waals surface area contributed by atoms with E-state index in [1.807, 2.05) is 103 Å². The smallest absolute Gasteiger partial charge is 0.171 e. The number of pyridine rings is 1. The van der Waals surface area contributed by atoms with E-state index in [0.717, 1.165) is 70.9 Å². The number of hydrogen-bond acceptors (Lipinski definition) is 4. The quantitative estimate of drug-likeness (QED) is 0.213. The van der Waals surface area contributed by atoms with Gasteiger partial charge >= 0.3 is 0 Å². The summed E-state index contributed by atoms with van der Waals surface area (Å²) in [6.07, 6.45) is 3.59. The van der Waals surface area contributed by atoms with Gasteiger partial charge in [0.15, 0.2) is 7.14 Å². The highest BCUT2D eigenvalue weighted by molar-refractivity contribution is 7.85. The molecule has 0 spiro atoms. The van der Waals surface area contributed by atoms with Crippen LogP contribution < -0.4 is 15.9 Å². The predicted octanol–water partition coefficient (Wildman–Crippen LogP) is 8.19. The highest BCUT2D eigenvalue weighted by Crippen LogP contribution is 2.44. The zero-order valence-corrected chi connectivity index (χ0v) is 22.2. The van der Waals surface area contributed by atoms with Gasteiger partial charge in [-0.3, -0.25) is 4.98 Å². The minimum absolute atomic E-state index is 0.769. The third-order valence-electron chi connectivity index (χ3n) is 7.66. The molecule has 0 radical (unpaired) electrons. The lowest BCUT2D eigenvalue weighted by Gasteiger charge is -2.20. The van der Waals surface area contributed by atoms with E-state index in [0.29, 0.717) is 0 Å². The van der Waals surface area contributed by atoms with Crippen LogP contribution in [0.3, 0.4) is 0 Å². The van der Waals surface area contributed by atoms with Crippen LogP contribution in [0.2, 0.25) is 0 Å². The summed E-state index contributed by atoms with van der Waals surface area (Å²) in [7, 11) is -3.11. The number of hydrogen-bond donors (Lipinski definition) is 0. The van der Waals surface area contributed by atoms with Crippen LogP contribution in [0.4, 0.5) is 0 Å². The Kier molecular flexibility index (Phi) is 5.07. The molecule has 0 aliphatic carbocycles. The van der Waals surface area contributed by atoms with Crippen molar-refractivity contribution in [3.05, 3.63) is 134 Å². The van der Waals surface area contributed by atoms with Gasteiger partial charge < -0.3 is 13.4 Å². The Bertz CT molecular complexity index is 2200. The zero-order chi connectivity index (χ0) is 26.7. The Morgan fingerprint density at radius 1 is 0.475 bits per heavy atom. The largest absolute Gasteiger partial charge is 0.456 e. The lowest BCUT2D eigenvalue weighted by molar-refractivity contribution is 0.592. The van der Waals surface area contributed by atoms with Gasteiger partial charge in [-0.1, -0.05) is 72.8 Å². The van der Waals surface area contributed by atoms with Crippen LogP contribution in [0, 0.1) is 0 Å². The molecule has 3 aromatic heterocycles. The van der Waals surface area contributed by atoms with Crippen molar-refractivity contribution in [1.82, 2.24) is 4.98 Å². The molecule has 4 nitrogen and oxygen atoms in total. The van der Waals surface area contributed by atoms with Gasteiger partial charge in [0.2, 0.25) is 0 Å². The van der Waals surface area contributed by atoms with Gasteiger partial charge in [-0.25, -0.2) is 0 Å². The number of nitrogens with zero attached hydrogens (tertiary/aromatic N) is 1. The van der Waals surface area contributed by atoms with Gasteiger partial charge in [-0.15, -0.1) is 0 Å². The van der Waals surface area contributed by atoms with E-state index >= 15 is 0 Å². The summed E-state index contributed by atoms with van der Waals surface area (Å²) >= 11 is 0. The van der Waals surface area contributed by atoms with Crippen molar-refractivity contribution in [2.45, 2.75) is 0 Å². The maximum Gasteiger partial charge on any atom is 0.171 e. The summed E-state index contributed by atoms with van der Waals surface area (Å²) in [5.41, 5.74) is 5.37. The lowest BCUT2D eigenvalue weighted by Crippen LogP contribution is -2.24. The highest BCUT2D eigenvalue weighted by Gasteiger charge is 2.30. The molecule has 0 unspecified atom stereocenters. The first kappa shape index (κ1) is 23.0. The Morgan fingerprint density at radius 3 is 1.57 bits per heavy atom. The standard InChI is InChI=1S/C35H22NO3P/c37-40(25-7-3-1-4-8-25,26-9-5-2-6-10-26)27-13-16-34-30(21-27)28-19-23(11-14-32(28)38-34)24-12-15-33-29(20-24)31-22-36-18-17-35(31)39-33/h1-22H. The summed E-state index contributed by atoms with van der Waals surface area (Å²) in [4.78, 5) is 4.28. The molecule has 40 heavy (non-hydrogen) atoms. The SMILES string of the molecule is O=P(c1ccccc1)(c1ccccc1)c1ccc2oc3ccc(-c4ccc5oc6ccncc6c5c4)cc3c2c1. The fourth-order valence-corrected chi connectivity index (χ4v) is 8.34. The van der Waals surface area contributed by atoms with Crippen LogP contribution in [0.15, 0.2) is 143 Å². The lowest BCUT2D eigenvalue weighted by atomic mass is 10.0. The molecular weight excluding hydrogens is 513 g/mol. The fourth-order valence-electron chi connectivity index (χ4n) is 5.66. The van der Waals surface area contributed by atoms with Crippen LogP contribution in [0.1, 0.15) is 0 Å². The predicted molar refractivity (Wildman–Crippen MR) is 164 cm³/mol. The summed E-state index contributed by atoms with van der Waals surface area (Å²) < 4.78 is 27.2. The number of benzene rings is 5. The maximum absolute atomic E-state index is 15.0. The Hall–Kier alpha value is -4.92. The van der Waals surface area contributed by atoms with Crippen molar-refractivity contribution in [3.63, 3.8) is 0 Å². The second-order valence-corrected chi connectivity index (χ2v) is 12.7. The number of furan rings is 2. The molecule has 0 aliphatic heterocycles. The van der Waals surface area contributed by atoms with Crippen molar-refractivity contribution in [2.75, 3.05) is 0 Å². The van der Waals surface area contributed by atoms with Crippen molar-refractivity contribution in [3.8, 4) is 11.1 Å². The average Bonchev–Trinajstić information content (AvgIpc) is 3.58. The number of aromatic nitrogens is 1. The second-order valence-electron chi connectivity index (χ2n) is 9.96. The molecule has 0 saturated heterocycles. The molecule has 3 heterocycles. The molecule has 0 amide bonds. The van der Waals surface area contributed by atoms with Crippen LogP contribution in [-0.2, 0) is 4.57 Å². The summed E-state index contributed by atoms with van der Waals surface area (Å²) in [6, 6.07) is 39.8. The van der Waals surface area contributed by atoms with Crippen LogP contribution in [0.5, 0.6) is 0 Å². The van der Waals surface area contributed by atoms with Gasteiger partial charge in [0.1, 0.15) is 22.3 Å². The van der Waals surface area contributed by atoms with Gasteiger partial charge in [0.05, 0.1) is 0 Å². The van der Waals surface area contributed by atoms with Gasteiger partial charge in [-0.05, 0) is 59.7 Å². The van der Waals surface area contributed by atoms with Gasteiger partial charge in [0, 0.05) is 49.9 Å². The third-order valence-corrected chi connectivity index (χ3v) is 10.7. The Labute approximate surface area is 229 Å². The van der Waals surface area contributed by atoms with E-state index in [4.69, 9.17) is 8.83 Å². The fraction of sp³-hybridized carbons (Fsp3) is 0. The number of fused-ring (bicyclic) bond motifs is 6. The van der Waals surface area contributed by atoms with Crippen molar-refractivity contribution < 1.29 is 13.4 Å².